The lowest BCUT2D eigenvalue weighted by molar-refractivity contribution is -0.303. The molecule has 0 aliphatic rings. The summed E-state index contributed by atoms with van der Waals surface area (Å²) in [5.41, 5.74) is 0. The molecule has 0 radical (unpaired) electrons. The van der Waals surface area contributed by atoms with Gasteiger partial charge in [-0.05, 0) is 13.3 Å². The molecule has 1 atom stereocenters. The lowest BCUT2D eigenvalue weighted by Gasteiger charge is -2.03. The van der Waals surface area contributed by atoms with E-state index < -0.39 is 6.10 Å². The number of hydrogen-bond acceptors (Lipinski definition) is 3. The molecule has 0 aromatic heterocycles. The number of hydrogen-bond donors (Lipinski definition) is 1. The molecule has 3 heteroatoms. The van der Waals surface area contributed by atoms with Gasteiger partial charge in [-0.1, -0.05) is 6.92 Å². The molecule has 0 aliphatic carbocycles. The van der Waals surface area contributed by atoms with E-state index in [9.17, 15) is 0 Å². The van der Waals surface area contributed by atoms with Gasteiger partial charge in [-0.3, -0.25) is 0 Å². The van der Waals surface area contributed by atoms with E-state index in [1.165, 1.54) is 0 Å². The van der Waals surface area contributed by atoms with Gasteiger partial charge in [0.05, 0.1) is 12.7 Å². The minimum Gasteiger partial charge on any atom is -0.391 e. The maximum atomic E-state index is 8.65. The largest absolute Gasteiger partial charge is 0.391 e. The molecule has 3 nitrogen and oxygen atoms in total. The van der Waals surface area contributed by atoms with Crippen LogP contribution in [0.2, 0.25) is 0 Å². The van der Waals surface area contributed by atoms with Crippen LogP contribution in [-0.2, 0) is 9.78 Å². The average molecular weight is 134 g/mol. The van der Waals surface area contributed by atoms with Crippen molar-refractivity contribution in [2.75, 3.05) is 13.2 Å². The second kappa shape index (κ2) is 6.01. The van der Waals surface area contributed by atoms with Crippen LogP contribution in [0.4, 0.5) is 0 Å². The molecule has 0 fully saturated rings. The van der Waals surface area contributed by atoms with Crippen LogP contribution in [-0.4, -0.2) is 24.4 Å². The molecule has 0 aliphatic heterocycles. The second-order valence-electron chi connectivity index (χ2n) is 1.96. The lowest BCUT2D eigenvalue weighted by atomic mass is 10.5. The minimum atomic E-state index is -0.443. The van der Waals surface area contributed by atoms with Crippen LogP contribution < -0.4 is 0 Å². The van der Waals surface area contributed by atoms with Crippen LogP contribution >= 0.6 is 0 Å². The summed E-state index contributed by atoms with van der Waals surface area (Å²) in [7, 11) is 0. The first-order valence-corrected chi connectivity index (χ1v) is 3.19. The molecule has 1 unspecified atom stereocenters. The molecule has 0 rings (SSSR count). The van der Waals surface area contributed by atoms with Gasteiger partial charge in [0.2, 0.25) is 0 Å². The zero-order valence-electron chi connectivity index (χ0n) is 5.96. The predicted octanol–water partition coefficient (Wildman–Crippen LogP) is 0.725. The Labute approximate surface area is 55.5 Å². The van der Waals surface area contributed by atoms with E-state index in [0.29, 0.717) is 6.61 Å². The monoisotopic (exact) mass is 134 g/mol. The van der Waals surface area contributed by atoms with Crippen LogP contribution in [0.3, 0.4) is 0 Å². The summed E-state index contributed by atoms with van der Waals surface area (Å²) in [6, 6.07) is 0. The summed E-state index contributed by atoms with van der Waals surface area (Å²) >= 11 is 0. The highest BCUT2D eigenvalue weighted by atomic mass is 17.2. The number of rotatable bonds is 5. The van der Waals surface area contributed by atoms with Crippen LogP contribution in [0.5, 0.6) is 0 Å². The highest BCUT2D eigenvalue weighted by Gasteiger charge is 1.93. The van der Waals surface area contributed by atoms with E-state index in [1.54, 1.807) is 6.92 Å². The van der Waals surface area contributed by atoms with E-state index in [0.717, 1.165) is 6.42 Å². The summed E-state index contributed by atoms with van der Waals surface area (Å²) in [5.74, 6) is 0. The molecule has 0 spiro atoms. The van der Waals surface area contributed by atoms with E-state index in [1.807, 2.05) is 6.92 Å². The summed E-state index contributed by atoms with van der Waals surface area (Å²) in [4.78, 5) is 9.22. The zero-order chi connectivity index (χ0) is 7.11. The maximum Gasteiger partial charge on any atom is 0.108 e. The average Bonchev–Trinajstić information content (AvgIpc) is 1.80. The third kappa shape index (κ3) is 7.88. The molecule has 0 aromatic carbocycles. The Morgan fingerprint density at radius 1 is 1.44 bits per heavy atom. The van der Waals surface area contributed by atoms with Crippen LogP contribution in [0.25, 0.3) is 0 Å². The molecule has 0 bridgehead atoms. The molecule has 0 saturated heterocycles. The Balaban J connectivity index is 2.75. The summed E-state index contributed by atoms with van der Waals surface area (Å²) < 4.78 is 0. The molecule has 0 amide bonds. The normalized spacial score (nSPS) is 13.7. The van der Waals surface area contributed by atoms with E-state index in [-0.39, 0.29) is 6.61 Å². The van der Waals surface area contributed by atoms with Gasteiger partial charge in [0.1, 0.15) is 6.61 Å². The van der Waals surface area contributed by atoms with Gasteiger partial charge in [0.25, 0.3) is 0 Å². The molecule has 56 valence electrons. The summed E-state index contributed by atoms with van der Waals surface area (Å²) in [5, 5.41) is 8.65. The first-order valence-electron chi connectivity index (χ1n) is 3.19. The van der Waals surface area contributed by atoms with E-state index >= 15 is 0 Å². The van der Waals surface area contributed by atoms with Crippen molar-refractivity contribution in [1.82, 2.24) is 0 Å². The minimum absolute atomic E-state index is 0.250. The Hall–Kier alpha value is -0.120. The quantitative estimate of drug-likeness (QED) is 0.342. The summed E-state index contributed by atoms with van der Waals surface area (Å²) in [6.07, 6.45) is 0.488. The van der Waals surface area contributed by atoms with Crippen molar-refractivity contribution in [3.05, 3.63) is 0 Å². The van der Waals surface area contributed by atoms with Crippen LogP contribution in [0, 0.1) is 0 Å². The molecule has 1 N–H and O–H groups in total. The Morgan fingerprint density at radius 2 is 2.11 bits per heavy atom. The van der Waals surface area contributed by atoms with Gasteiger partial charge in [-0.25, -0.2) is 9.78 Å². The van der Waals surface area contributed by atoms with Crippen molar-refractivity contribution >= 4 is 0 Å². The third-order valence-corrected chi connectivity index (χ3v) is 0.680. The highest BCUT2D eigenvalue weighted by Crippen LogP contribution is 1.85. The molecular formula is C6H14O3. The van der Waals surface area contributed by atoms with Gasteiger partial charge < -0.3 is 5.11 Å². The van der Waals surface area contributed by atoms with Crippen molar-refractivity contribution in [2.24, 2.45) is 0 Å². The second-order valence-corrected chi connectivity index (χ2v) is 1.96. The Bertz CT molecular complexity index is 54.3. The van der Waals surface area contributed by atoms with Crippen molar-refractivity contribution < 1.29 is 14.9 Å². The third-order valence-electron chi connectivity index (χ3n) is 0.680. The summed E-state index contributed by atoms with van der Waals surface area (Å²) in [6.45, 7) is 4.48. The fourth-order valence-electron chi connectivity index (χ4n) is 0.289. The van der Waals surface area contributed by atoms with Crippen molar-refractivity contribution in [3.8, 4) is 0 Å². The van der Waals surface area contributed by atoms with Gasteiger partial charge >= 0.3 is 0 Å². The van der Waals surface area contributed by atoms with Crippen LogP contribution in [0.1, 0.15) is 20.3 Å². The van der Waals surface area contributed by atoms with Crippen molar-refractivity contribution in [1.29, 1.82) is 0 Å². The van der Waals surface area contributed by atoms with Crippen molar-refractivity contribution in [3.63, 3.8) is 0 Å². The standard InChI is InChI=1S/C6H14O3/c1-3-4-8-9-5-6(2)7/h6-7H,3-5H2,1-2H3. The first-order chi connectivity index (χ1) is 4.27. The van der Waals surface area contributed by atoms with Gasteiger partial charge in [-0.2, -0.15) is 0 Å². The fourth-order valence-corrected chi connectivity index (χ4v) is 0.289. The van der Waals surface area contributed by atoms with Gasteiger partial charge in [0.15, 0.2) is 0 Å². The lowest BCUT2D eigenvalue weighted by Crippen LogP contribution is -2.10. The van der Waals surface area contributed by atoms with Crippen LogP contribution in [0.15, 0.2) is 0 Å². The molecule has 0 heterocycles. The van der Waals surface area contributed by atoms with Gasteiger partial charge in [0, 0.05) is 0 Å². The SMILES string of the molecule is CCCOOCC(C)O. The predicted molar refractivity (Wildman–Crippen MR) is 33.9 cm³/mol. The molecule has 0 aromatic rings. The van der Waals surface area contributed by atoms with Gasteiger partial charge in [-0.15, -0.1) is 0 Å². The molecule has 0 saturated carbocycles. The van der Waals surface area contributed by atoms with Crippen molar-refractivity contribution in [2.45, 2.75) is 26.4 Å². The van der Waals surface area contributed by atoms with E-state index in [4.69, 9.17) is 5.11 Å². The zero-order valence-corrected chi connectivity index (χ0v) is 5.96. The maximum absolute atomic E-state index is 8.65. The molecule has 9 heavy (non-hydrogen) atoms. The fraction of sp³-hybridized carbons (Fsp3) is 1.00. The molecular weight excluding hydrogens is 120 g/mol. The topological polar surface area (TPSA) is 38.7 Å². The Morgan fingerprint density at radius 3 is 2.56 bits per heavy atom. The van der Waals surface area contributed by atoms with E-state index in [2.05, 4.69) is 9.78 Å². The highest BCUT2D eigenvalue weighted by molar-refractivity contribution is 4.36. The number of aliphatic hydroxyl groups is 1. The first kappa shape index (κ1) is 8.88. The number of aliphatic hydroxyl groups excluding tert-OH is 1. The smallest absolute Gasteiger partial charge is 0.108 e. The Kier molecular flexibility index (Phi) is 5.93.